The maximum Gasteiger partial charge on any atom is 0.259 e. The number of amides is 2. The van der Waals surface area contributed by atoms with Gasteiger partial charge in [0.2, 0.25) is 5.91 Å². The number of likely N-dealkylation sites (tertiary alicyclic amines) is 1. The molecule has 0 radical (unpaired) electrons. The van der Waals surface area contributed by atoms with E-state index in [9.17, 15) is 9.59 Å². The minimum Gasteiger partial charge on any atom is -0.495 e. The van der Waals surface area contributed by atoms with Gasteiger partial charge in [0.05, 0.1) is 12.8 Å². The van der Waals surface area contributed by atoms with Crippen molar-refractivity contribution in [1.82, 2.24) is 4.90 Å². The fourth-order valence-corrected chi connectivity index (χ4v) is 3.61. The Morgan fingerprint density at radius 2 is 1.79 bits per heavy atom. The van der Waals surface area contributed by atoms with Crippen molar-refractivity contribution >= 4 is 28.3 Å². The third kappa shape index (κ3) is 3.43. The highest BCUT2D eigenvalue weighted by molar-refractivity contribution is 6.08. The average molecular weight is 374 g/mol. The molecule has 5 heteroatoms. The van der Waals surface area contributed by atoms with Gasteiger partial charge in [-0.25, -0.2) is 0 Å². The molecule has 1 aliphatic heterocycles. The number of carbonyl (C=O) groups is 2. The van der Waals surface area contributed by atoms with Gasteiger partial charge in [-0.15, -0.1) is 0 Å². The Labute approximate surface area is 164 Å². The lowest BCUT2D eigenvalue weighted by atomic mass is 10.1. The number of ether oxygens (including phenoxy) is 1. The Morgan fingerprint density at radius 3 is 2.54 bits per heavy atom. The molecule has 3 aromatic carbocycles. The predicted molar refractivity (Wildman–Crippen MR) is 110 cm³/mol. The fraction of sp³-hybridized carbons (Fsp3) is 0.217. The van der Waals surface area contributed by atoms with Gasteiger partial charge in [-0.3, -0.25) is 14.5 Å². The number of methoxy groups -OCH3 is 1. The molecule has 1 saturated heterocycles. The first-order valence-corrected chi connectivity index (χ1v) is 9.39. The van der Waals surface area contributed by atoms with E-state index >= 15 is 0 Å². The second kappa shape index (κ2) is 7.72. The summed E-state index contributed by atoms with van der Waals surface area (Å²) in [5.41, 5.74) is 1.24. The Kier molecular flexibility index (Phi) is 4.98. The van der Waals surface area contributed by atoms with Crippen LogP contribution in [0.1, 0.15) is 23.2 Å². The van der Waals surface area contributed by atoms with E-state index in [0.717, 1.165) is 17.2 Å². The first-order chi connectivity index (χ1) is 13.7. The number of hydrogen-bond donors (Lipinski definition) is 0. The molecule has 1 aliphatic rings. The van der Waals surface area contributed by atoms with Crippen LogP contribution >= 0.6 is 0 Å². The second-order valence-corrected chi connectivity index (χ2v) is 6.87. The van der Waals surface area contributed by atoms with E-state index in [1.54, 1.807) is 16.9 Å². The van der Waals surface area contributed by atoms with Gasteiger partial charge in [0, 0.05) is 18.5 Å². The van der Waals surface area contributed by atoms with E-state index in [2.05, 4.69) is 0 Å². The minimum absolute atomic E-state index is 0.0752. The summed E-state index contributed by atoms with van der Waals surface area (Å²) in [6.07, 6.45) is 1.35. The van der Waals surface area contributed by atoms with E-state index < -0.39 is 0 Å². The molecule has 142 valence electrons. The van der Waals surface area contributed by atoms with Gasteiger partial charge in [0.15, 0.2) is 0 Å². The molecule has 2 amide bonds. The van der Waals surface area contributed by atoms with E-state index in [1.165, 1.54) is 0 Å². The van der Waals surface area contributed by atoms with Gasteiger partial charge in [0.25, 0.3) is 5.91 Å². The molecule has 1 heterocycles. The number of carbonyl (C=O) groups excluding carboxylic acids is 2. The molecule has 0 aromatic heterocycles. The summed E-state index contributed by atoms with van der Waals surface area (Å²) < 4.78 is 5.48. The van der Waals surface area contributed by atoms with Crippen LogP contribution in [0.3, 0.4) is 0 Å². The van der Waals surface area contributed by atoms with Crippen molar-refractivity contribution < 1.29 is 14.3 Å². The smallest absolute Gasteiger partial charge is 0.259 e. The summed E-state index contributed by atoms with van der Waals surface area (Å²) in [5.74, 6) is 0.518. The lowest BCUT2D eigenvalue weighted by Crippen LogP contribution is -2.42. The number of para-hydroxylation sites is 2. The number of benzene rings is 3. The maximum atomic E-state index is 13.5. The van der Waals surface area contributed by atoms with E-state index in [-0.39, 0.29) is 18.5 Å². The molecule has 0 bridgehead atoms. The first kappa shape index (κ1) is 18.0. The number of rotatable bonds is 5. The lowest BCUT2D eigenvalue weighted by molar-refractivity contribution is -0.127. The summed E-state index contributed by atoms with van der Waals surface area (Å²) in [4.78, 5) is 29.0. The second-order valence-electron chi connectivity index (χ2n) is 6.87. The molecular formula is C23H22N2O3. The zero-order valence-electron chi connectivity index (χ0n) is 15.8. The van der Waals surface area contributed by atoms with Gasteiger partial charge < -0.3 is 9.64 Å². The zero-order chi connectivity index (χ0) is 19.5. The highest BCUT2D eigenvalue weighted by Gasteiger charge is 2.28. The monoisotopic (exact) mass is 374 g/mol. The maximum absolute atomic E-state index is 13.5. The van der Waals surface area contributed by atoms with Crippen LogP contribution in [0, 0.1) is 0 Å². The Balaban J connectivity index is 1.74. The summed E-state index contributed by atoms with van der Waals surface area (Å²) in [6.45, 7) is 0.875. The molecule has 0 N–H and O–H groups in total. The minimum atomic E-state index is -0.157. The summed E-state index contributed by atoms with van der Waals surface area (Å²) >= 11 is 0. The van der Waals surface area contributed by atoms with Crippen LogP contribution in [-0.2, 0) is 4.79 Å². The first-order valence-electron chi connectivity index (χ1n) is 9.39. The van der Waals surface area contributed by atoms with Crippen LogP contribution in [0.4, 0.5) is 5.69 Å². The summed E-state index contributed by atoms with van der Waals surface area (Å²) in [7, 11) is 1.58. The Bertz CT molecular complexity index is 1030. The van der Waals surface area contributed by atoms with E-state index in [4.69, 9.17) is 4.74 Å². The molecule has 0 spiro atoms. The normalized spacial score (nSPS) is 13.8. The topological polar surface area (TPSA) is 49.9 Å². The highest BCUT2D eigenvalue weighted by Crippen LogP contribution is 2.30. The fourth-order valence-electron chi connectivity index (χ4n) is 3.61. The zero-order valence-corrected chi connectivity index (χ0v) is 15.8. The highest BCUT2D eigenvalue weighted by atomic mass is 16.5. The number of nitrogens with zero attached hydrogens (tertiary/aromatic N) is 2. The third-order valence-corrected chi connectivity index (χ3v) is 5.10. The molecule has 0 saturated carbocycles. The van der Waals surface area contributed by atoms with Gasteiger partial charge in [-0.1, -0.05) is 42.5 Å². The molecule has 5 nitrogen and oxygen atoms in total. The van der Waals surface area contributed by atoms with Crippen LogP contribution in [0.5, 0.6) is 5.75 Å². The van der Waals surface area contributed by atoms with Crippen LogP contribution in [0.25, 0.3) is 10.8 Å². The standard InChI is InChI=1S/C23H22N2O3/c1-28-21-10-5-4-9-20(21)25(16-24-14-6-11-22(24)26)23(27)19-13-12-17-7-2-3-8-18(17)15-19/h2-5,7-10,12-13,15H,6,11,14,16H2,1H3. The molecule has 28 heavy (non-hydrogen) atoms. The van der Waals surface area contributed by atoms with Gasteiger partial charge in [-0.05, 0) is 41.5 Å². The van der Waals surface area contributed by atoms with Crippen molar-refractivity contribution in [3.8, 4) is 5.75 Å². The Hall–Kier alpha value is -3.34. The molecular weight excluding hydrogens is 352 g/mol. The van der Waals surface area contributed by atoms with Gasteiger partial charge in [-0.2, -0.15) is 0 Å². The molecule has 0 atom stereocenters. The number of hydrogen-bond acceptors (Lipinski definition) is 3. The van der Waals surface area contributed by atoms with Crippen molar-refractivity contribution in [3.63, 3.8) is 0 Å². The van der Waals surface area contributed by atoms with Crippen LogP contribution in [0.15, 0.2) is 66.7 Å². The molecule has 0 aliphatic carbocycles. The summed E-state index contributed by atoms with van der Waals surface area (Å²) in [6, 6.07) is 21.0. The van der Waals surface area contributed by atoms with Crippen molar-refractivity contribution in [2.75, 3.05) is 25.2 Å². The number of fused-ring (bicyclic) bond motifs is 1. The largest absolute Gasteiger partial charge is 0.495 e. The SMILES string of the molecule is COc1ccccc1N(CN1CCCC1=O)C(=O)c1ccc2ccccc2c1. The average Bonchev–Trinajstić information content (AvgIpc) is 3.15. The Morgan fingerprint density at radius 1 is 1.04 bits per heavy atom. The van der Waals surface area contributed by atoms with Crippen LogP contribution in [-0.4, -0.2) is 37.0 Å². The van der Waals surface area contributed by atoms with Crippen molar-refractivity contribution in [3.05, 3.63) is 72.3 Å². The van der Waals surface area contributed by atoms with Gasteiger partial charge >= 0.3 is 0 Å². The van der Waals surface area contributed by atoms with E-state index in [0.29, 0.717) is 30.0 Å². The van der Waals surface area contributed by atoms with E-state index in [1.807, 2.05) is 66.7 Å². The molecule has 1 fully saturated rings. The molecule has 3 aromatic rings. The summed E-state index contributed by atoms with van der Waals surface area (Å²) in [5, 5.41) is 2.09. The quantitative estimate of drug-likeness (QED) is 0.676. The number of anilines is 1. The molecule has 4 rings (SSSR count). The van der Waals surface area contributed by atoms with Crippen LogP contribution < -0.4 is 9.64 Å². The predicted octanol–water partition coefficient (Wildman–Crippen LogP) is 4.08. The van der Waals surface area contributed by atoms with Crippen molar-refractivity contribution in [1.29, 1.82) is 0 Å². The van der Waals surface area contributed by atoms with Gasteiger partial charge in [0.1, 0.15) is 12.4 Å². The van der Waals surface area contributed by atoms with Crippen molar-refractivity contribution in [2.24, 2.45) is 0 Å². The third-order valence-electron chi connectivity index (χ3n) is 5.10. The van der Waals surface area contributed by atoms with Crippen molar-refractivity contribution in [2.45, 2.75) is 12.8 Å². The lowest BCUT2D eigenvalue weighted by Gasteiger charge is -2.29. The van der Waals surface area contributed by atoms with Crippen LogP contribution in [0.2, 0.25) is 0 Å². The molecule has 0 unspecified atom stereocenters.